The van der Waals surface area contributed by atoms with E-state index in [-0.39, 0.29) is 6.61 Å². The number of hydrogen-bond acceptors (Lipinski definition) is 3. The number of nitrogens with zero attached hydrogens (tertiary/aromatic N) is 1. The molecule has 1 aromatic carbocycles. The quantitative estimate of drug-likeness (QED) is 0.618. The third-order valence-corrected chi connectivity index (χ3v) is 2.00. The molecule has 0 aromatic heterocycles. The topological polar surface area (TPSA) is 63.4 Å². The van der Waals surface area contributed by atoms with Gasteiger partial charge in [0.1, 0.15) is 0 Å². The Morgan fingerprint density at radius 2 is 2.29 bits per heavy atom. The van der Waals surface area contributed by atoms with Gasteiger partial charge in [-0.3, -0.25) is 10.1 Å². The van der Waals surface area contributed by atoms with Crippen LogP contribution in [0.5, 0.6) is 0 Å². The van der Waals surface area contributed by atoms with E-state index < -0.39 is 4.92 Å². The van der Waals surface area contributed by atoms with Crippen molar-refractivity contribution < 1.29 is 10.0 Å². The molecule has 0 amide bonds. The minimum Gasteiger partial charge on any atom is -0.392 e. The van der Waals surface area contributed by atoms with E-state index in [1.54, 1.807) is 18.2 Å². The van der Waals surface area contributed by atoms with E-state index >= 15 is 0 Å². The minimum atomic E-state index is -0.548. The van der Waals surface area contributed by atoms with E-state index in [4.69, 9.17) is 16.7 Å². The average molecular weight is 214 g/mol. The zero-order valence-corrected chi connectivity index (χ0v) is 7.94. The zero-order chi connectivity index (χ0) is 10.6. The number of aliphatic hydroxyl groups is 1. The normalized spacial score (nSPS) is 10.7. The summed E-state index contributed by atoms with van der Waals surface area (Å²) >= 11 is 5.74. The molecule has 4 nitrogen and oxygen atoms in total. The maximum absolute atomic E-state index is 10.0. The van der Waals surface area contributed by atoms with Crippen molar-refractivity contribution in [2.45, 2.75) is 6.61 Å². The number of halogens is 1. The van der Waals surface area contributed by atoms with E-state index in [9.17, 15) is 10.1 Å². The van der Waals surface area contributed by atoms with Gasteiger partial charge in [-0.15, -0.1) is 0 Å². The fourth-order valence-electron chi connectivity index (χ4n) is 0.966. The summed E-state index contributed by atoms with van der Waals surface area (Å²) in [7, 11) is 0. The molecular formula is C9H8ClNO3. The molecule has 1 rings (SSSR count). The highest BCUT2D eigenvalue weighted by atomic mass is 35.5. The molecule has 0 spiro atoms. The molecule has 14 heavy (non-hydrogen) atoms. The lowest BCUT2D eigenvalue weighted by Crippen LogP contribution is -1.87. The van der Waals surface area contributed by atoms with Crippen LogP contribution in [0.4, 0.5) is 0 Å². The molecule has 0 unspecified atom stereocenters. The lowest BCUT2D eigenvalue weighted by atomic mass is 10.1. The van der Waals surface area contributed by atoms with Crippen LogP contribution < -0.4 is 0 Å². The van der Waals surface area contributed by atoms with Crippen LogP contribution in [0.15, 0.2) is 24.4 Å². The van der Waals surface area contributed by atoms with Crippen LogP contribution in [0.2, 0.25) is 5.02 Å². The number of hydrogen-bond donors (Lipinski definition) is 1. The first-order chi connectivity index (χ1) is 6.63. The van der Waals surface area contributed by atoms with Gasteiger partial charge in [-0.1, -0.05) is 17.7 Å². The number of rotatable bonds is 3. The van der Waals surface area contributed by atoms with E-state index in [1.807, 2.05) is 0 Å². The van der Waals surface area contributed by atoms with Gasteiger partial charge in [-0.05, 0) is 23.3 Å². The first kappa shape index (κ1) is 10.7. The van der Waals surface area contributed by atoms with E-state index in [0.29, 0.717) is 16.1 Å². The number of aliphatic hydroxyl groups excluding tert-OH is 1. The molecule has 74 valence electrons. The van der Waals surface area contributed by atoms with Gasteiger partial charge < -0.3 is 5.11 Å². The fourth-order valence-corrected chi connectivity index (χ4v) is 1.14. The Hall–Kier alpha value is -1.39. The van der Waals surface area contributed by atoms with Gasteiger partial charge in [0.15, 0.2) is 0 Å². The largest absolute Gasteiger partial charge is 0.392 e. The smallest absolute Gasteiger partial charge is 0.235 e. The van der Waals surface area contributed by atoms with Crippen molar-refractivity contribution in [2.75, 3.05) is 0 Å². The molecule has 0 saturated heterocycles. The maximum Gasteiger partial charge on any atom is 0.235 e. The highest BCUT2D eigenvalue weighted by Gasteiger charge is 1.99. The summed E-state index contributed by atoms with van der Waals surface area (Å²) in [5.41, 5.74) is 1.19. The van der Waals surface area contributed by atoms with Crippen LogP contribution in [0, 0.1) is 10.1 Å². The van der Waals surface area contributed by atoms with Crippen LogP contribution in [-0.4, -0.2) is 10.0 Å². The molecule has 0 heterocycles. The lowest BCUT2D eigenvalue weighted by molar-refractivity contribution is -0.400. The third kappa shape index (κ3) is 2.83. The second-order valence-corrected chi connectivity index (χ2v) is 3.02. The van der Waals surface area contributed by atoms with Crippen LogP contribution in [-0.2, 0) is 6.61 Å². The summed E-state index contributed by atoms with van der Waals surface area (Å²) < 4.78 is 0. The molecule has 0 fully saturated rings. The summed E-state index contributed by atoms with van der Waals surface area (Å²) in [6.45, 7) is -0.182. The first-order valence-electron chi connectivity index (χ1n) is 3.84. The molecule has 0 saturated carbocycles. The van der Waals surface area contributed by atoms with Crippen LogP contribution in [0.1, 0.15) is 11.1 Å². The highest BCUT2D eigenvalue weighted by molar-refractivity contribution is 6.31. The summed E-state index contributed by atoms with van der Waals surface area (Å²) in [5, 5.41) is 19.4. The van der Waals surface area contributed by atoms with Gasteiger partial charge >= 0.3 is 0 Å². The molecule has 0 bridgehead atoms. The van der Waals surface area contributed by atoms with Crippen molar-refractivity contribution in [3.8, 4) is 0 Å². The Bertz CT molecular complexity index is 376. The predicted octanol–water partition coefficient (Wildman–Crippen LogP) is 2.08. The van der Waals surface area contributed by atoms with E-state index in [1.165, 1.54) is 6.08 Å². The molecule has 0 aliphatic rings. The zero-order valence-electron chi connectivity index (χ0n) is 7.18. The van der Waals surface area contributed by atoms with Gasteiger partial charge in [0.2, 0.25) is 6.20 Å². The molecule has 0 aliphatic heterocycles. The number of benzene rings is 1. The molecular weight excluding hydrogens is 206 g/mol. The van der Waals surface area contributed by atoms with Crippen molar-refractivity contribution in [3.05, 3.63) is 50.7 Å². The van der Waals surface area contributed by atoms with Crippen molar-refractivity contribution in [1.29, 1.82) is 0 Å². The van der Waals surface area contributed by atoms with Crippen molar-refractivity contribution >= 4 is 17.7 Å². The van der Waals surface area contributed by atoms with E-state index in [2.05, 4.69) is 0 Å². The Morgan fingerprint density at radius 3 is 2.86 bits per heavy atom. The monoisotopic (exact) mass is 213 g/mol. The Morgan fingerprint density at radius 1 is 1.57 bits per heavy atom. The van der Waals surface area contributed by atoms with Crippen molar-refractivity contribution in [1.82, 2.24) is 0 Å². The van der Waals surface area contributed by atoms with Gasteiger partial charge in [0.05, 0.1) is 11.5 Å². The SMILES string of the molecule is O=[N+]([O-])/C=C\c1ccc(Cl)c(CO)c1. The van der Waals surface area contributed by atoms with Crippen molar-refractivity contribution in [3.63, 3.8) is 0 Å². The average Bonchev–Trinajstić information content (AvgIpc) is 2.16. The standard InChI is InChI=1S/C9H8ClNO3/c10-9-2-1-7(3-4-11(13)14)5-8(9)6-12/h1-5,12H,6H2/b4-3-. The summed E-state index contributed by atoms with van der Waals surface area (Å²) in [6.07, 6.45) is 2.18. The third-order valence-electron chi connectivity index (χ3n) is 1.63. The van der Waals surface area contributed by atoms with Crippen molar-refractivity contribution in [2.24, 2.45) is 0 Å². The fraction of sp³-hybridized carbons (Fsp3) is 0.111. The minimum absolute atomic E-state index is 0.182. The van der Waals surface area contributed by atoms with Gasteiger partial charge in [0, 0.05) is 11.1 Å². The first-order valence-corrected chi connectivity index (χ1v) is 4.22. The molecule has 0 aliphatic carbocycles. The summed E-state index contributed by atoms with van der Waals surface area (Å²) in [5.74, 6) is 0. The van der Waals surface area contributed by atoms with Gasteiger partial charge in [-0.25, -0.2) is 0 Å². The Labute approximate surface area is 85.6 Å². The molecule has 1 N–H and O–H groups in total. The molecule has 0 atom stereocenters. The Kier molecular flexibility index (Phi) is 3.62. The predicted molar refractivity (Wildman–Crippen MR) is 53.4 cm³/mol. The molecule has 0 radical (unpaired) electrons. The summed E-state index contributed by atoms with van der Waals surface area (Å²) in [6, 6.07) is 4.83. The lowest BCUT2D eigenvalue weighted by Gasteiger charge is -2.00. The number of nitro groups is 1. The second kappa shape index (κ2) is 4.74. The van der Waals surface area contributed by atoms with Gasteiger partial charge in [0.25, 0.3) is 0 Å². The van der Waals surface area contributed by atoms with Crippen LogP contribution >= 0.6 is 11.6 Å². The molecule has 1 aromatic rings. The highest BCUT2D eigenvalue weighted by Crippen LogP contribution is 2.18. The summed E-state index contributed by atoms with van der Waals surface area (Å²) in [4.78, 5) is 9.49. The maximum atomic E-state index is 10.0. The Balaban J connectivity index is 2.95. The van der Waals surface area contributed by atoms with E-state index in [0.717, 1.165) is 6.20 Å². The van der Waals surface area contributed by atoms with Crippen LogP contribution in [0.25, 0.3) is 6.08 Å². The van der Waals surface area contributed by atoms with Crippen LogP contribution in [0.3, 0.4) is 0 Å². The second-order valence-electron chi connectivity index (χ2n) is 2.61. The molecule has 5 heteroatoms. The van der Waals surface area contributed by atoms with Gasteiger partial charge in [-0.2, -0.15) is 0 Å².